The Labute approximate surface area is 271 Å². The molecule has 1 aliphatic heterocycles. The number of carbonyl (C=O) groups excluding carboxylic acids is 2. The summed E-state index contributed by atoms with van der Waals surface area (Å²) in [5.74, 6) is 2.39. The number of benzene rings is 2. The van der Waals surface area contributed by atoms with Crippen LogP contribution in [0.4, 0.5) is 0 Å². The molecule has 2 fully saturated rings. The van der Waals surface area contributed by atoms with Crippen molar-refractivity contribution in [3.05, 3.63) is 71.0 Å². The highest BCUT2D eigenvalue weighted by Crippen LogP contribution is 2.52. The number of aliphatic imine (C=N–C) groups is 1. The molecule has 2 N–H and O–H groups in total. The van der Waals surface area contributed by atoms with Gasteiger partial charge in [-0.05, 0) is 79.2 Å². The number of tetrazole rings is 1. The molecule has 10 heteroatoms. The number of hydrogen-bond acceptors (Lipinski definition) is 7. The lowest BCUT2D eigenvalue weighted by Gasteiger charge is -2.43. The Morgan fingerprint density at radius 1 is 1.15 bits per heavy atom. The number of nitrogens with one attached hydrogen (secondary N) is 2. The molecule has 244 valence electrons. The maximum absolute atomic E-state index is 14.7. The molecule has 3 aromatic rings. The number of ether oxygens (including phenoxy) is 1. The van der Waals surface area contributed by atoms with Crippen molar-refractivity contribution < 1.29 is 14.3 Å². The second kappa shape index (κ2) is 13.0. The molecule has 0 radical (unpaired) electrons. The van der Waals surface area contributed by atoms with Crippen molar-refractivity contribution in [3.63, 3.8) is 0 Å². The van der Waals surface area contributed by atoms with E-state index in [4.69, 9.17) is 9.73 Å². The predicted octanol–water partition coefficient (Wildman–Crippen LogP) is 6.27. The Bertz CT molecular complexity index is 1560. The van der Waals surface area contributed by atoms with Gasteiger partial charge in [-0.25, -0.2) is 0 Å². The molecular formula is C36H47N7O3. The van der Waals surface area contributed by atoms with E-state index in [1.807, 2.05) is 48.5 Å². The van der Waals surface area contributed by atoms with Crippen LogP contribution in [0.3, 0.4) is 0 Å². The van der Waals surface area contributed by atoms with Crippen LogP contribution in [0.5, 0.6) is 5.75 Å². The first-order chi connectivity index (χ1) is 22.0. The van der Waals surface area contributed by atoms with Crippen molar-refractivity contribution in [3.8, 4) is 5.75 Å². The predicted molar refractivity (Wildman–Crippen MR) is 176 cm³/mol. The molecule has 1 aromatic heterocycles. The van der Waals surface area contributed by atoms with Crippen LogP contribution in [0.2, 0.25) is 0 Å². The summed E-state index contributed by atoms with van der Waals surface area (Å²) in [6.45, 7) is 12.1. The van der Waals surface area contributed by atoms with Gasteiger partial charge in [0.05, 0.1) is 19.2 Å². The molecule has 0 bridgehead atoms. The van der Waals surface area contributed by atoms with E-state index in [1.165, 1.54) is 12.8 Å². The average Bonchev–Trinajstić information content (AvgIpc) is 3.48. The van der Waals surface area contributed by atoms with Crippen molar-refractivity contribution >= 4 is 17.5 Å². The number of hydrogen-bond donors (Lipinski definition) is 2. The highest BCUT2D eigenvalue weighted by Gasteiger charge is 2.57. The zero-order chi connectivity index (χ0) is 32.5. The molecule has 3 unspecified atom stereocenters. The van der Waals surface area contributed by atoms with Gasteiger partial charge in [-0.15, -0.1) is 10.2 Å². The molecule has 1 spiro atoms. The van der Waals surface area contributed by atoms with Gasteiger partial charge in [0.2, 0.25) is 0 Å². The summed E-state index contributed by atoms with van der Waals surface area (Å²) in [6, 6.07) is 15.4. The lowest BCUT2D eigenvalue weighted by atomic mass is 9.85. The Hall–Kier alpha value is -4.08. The van der Waals surface area contributed by atoms with Crippen LogP contribution in [0.25, 0.3) is 0 Å². The standard InChI is InChI=1S/C36H47N7O3/c1-23-19-24(2)36(21-23)38-32(28-7-6-8-29(20-28)46-18-16-25-9-10-25)34(45)43(36)30(15-17-35(3,4)5)26-11-13-27(14-12-26)33(44)37-22-31-39-41-42-40-31/h6-8,11-14,20,23-25,30H,9-10,15-19,21-22H2,1-5H3,(H,37,44)(H,39,40,41,42)/t23?,24?,30-,36?/m1/s1. The highest BCUT2D eigenvalue weighted by molar-refractivity contribution is 6.47. The Kier molecular flexibility index (Phi) is 8.99. The number of nitrogens with zero attached hydrogens (tertiary/aromatic N) is 5. The van der Waals surface area contributed by atoms with E-state index < -0.39 is 5.66 Å². The monoisotopic (exact) mass is 625 g/mol. The number of amides is 2. The van der Waals surface area contributed by atoms with Crippen LogP contribution in [-0.2, 0) is 11.3 Å². The lowest BCUT2D eigenvalue weighted by Crippen LogP contribution is -2.50. The highest BCUT2D eigenvalue weighted by atomic mass is 16.5. The topological polar surface area (TPSA) is 125 Å². The Morgan fingerprint density at radius 2 is 1.93 bits per heavy atom. The third-order valence-corrected chi connectivity index (χ3v) is 9.77. The van der Waals surface area contributed by atoms with Crippen molar-refractivity contribution in [1.82, 2.24) is 30.8 Å². The van der Waals surface area contributed by atoms with Crippen LogP contribution >= 0.6 is 0 Å². The zero-order valence-electron chi connectivity index (χ0n) is 27.8. The van der Waals surface area contributed by atoms with Crippen molar-refractivity contribution in [1.29, 1.82) is 0 Å². The van der Waals surface area contributed by atoms with Crippen molar-refractivity contribution in [2.75, 3.05) is 6.61 Å². The number of carbonyl (C=O) groups is 2. The van der Waals surface area contributed by atoms with Crippen LogP contribution in [0.15, 0.2) is 53.5 Å². The van der Waals surface area contributed by atoms with E-state index in [0.29, 0.717) is 29.6 Å². The first-order valence-electron chi connectivity index (χ1n) is 16.8. The molecular weight excluding hydrogens is 578 g/mol. The van der Waals surface area contributed by atoms with Gasteiger partial charge in [0, 0.05) is 17.0 Å². The second-order valence-corrected chi connectivity index (χ2v) is 14.8. The van der Waals surface area contributed by atoms with E-state index in [2.05, 4.69) is 65.5 Å². The van der Waals surface area contributed by atoms with Crippen LogP contribution in [0, 0.1) is 23.2 Å². The normalized spacial score (nSPS) is 23.5. The fourth-order valence-electron chi connectivity index (χ4n) is 7.14. The summed E-state index contributed by atoms with van der Waals surface area (Å²) < 4.78 is 6.11. The van der Waals surface area contributed by atoms with Gasteiger partial charge in [0.25, 0.3) is 11.8 Å². The summed E-state index contributed by atoms with van der Waals surface area (Å²) >= 11 is 0. The van der Waals surface area contributed by atoms with Gasteiger partial charge in [-0.2, -0.15) is 5.21 Å². The smallest absolute Gasteiger partial charge is 0.275 e. The van der Waals surface area contributed by atoms with Gasteiger partial charge >= 0.3 is 0 Å². The zero-order valence-corrected chi connectivity index (χ0v) is 27.8. The van der Waals surface area contributed by atoms with Gasteiger partial charge in [0.1, 0.15) is 17.1 Å². The molecule has 2 heterocycles. The molecule has 2 aromatic carbocycles. The van der Waals surface area contributed by atoms with Crippen molar-refractivity contribution in [2.24, 2.45) is 28.2 Å². The minimum Gasteiger partial charge on any atom is -0.494 e. The lowest BCUT2D eigenvalue weighted by molar-refractivity contribution is -0.133. The van der Waals surface area contributed by atoms with Gasteiger partial charge in [0.15, 0.2) is 5.82 Å². The van der Waals surface area contributed by atoms with E-state index >= 15 is 0 Å². The number of aromatic amines is 1. The first kappa shape index (κ1) is 31.9. The molecule has 2 amide bonds. The molecule has 4 atom stereocenters. The van der Waals surface area contributed by atoms with Crippen LogP contribution in [-0.4, -0.2) is 55.3 Å². The molecule has 2 aliphatic carbocycles. The minimum absolute atomic E-state index is 0.0306. The van der Waals surface area contributed by atoms with Crippen LogP contribution in [0.1, 0.15) is 113 Å². The molecule has 6 rings (SSSR count). The van der Waals surface area contributed by atoms with E-state index in [0.717, 1.165) is 54.9 Å². The Morgan fingerprint density at radius 3 is 2.59 bits per heavy atom. The number of aromatic nitrogens is 4. The van der Waals surface area contributed by atoms with E-state index in [9.17, 15) is 9.59 Å². The summed E-state index contributed by atoms with van der Waals surface area (Å²) in [4.78, 5) is 35.1. The van der Waals surface area contributed by atoms with Crippen molar-refractivity contribution in [2.45, 2.75) is 97.8 Å². The third-order valence-electron chi connectivity index (χ3n) is 9.77. The maximum atomic E-state index is 14.7. The van der Waals surface area contributed by atoms with E-state index in [1.54, 1.807) is 0 Å². The van der Waals surface area contributed by atoms with E-state index in [-0.39, 0.29) is 35.7 Å². The SMILES string of the molecule is CC1CC(C)C2(C1)N=C(c1cccc(OCCC3CC3)c1)C(=O)N2[C@H](CCC(C)(C)C)c1ccc(C(=O)NCc2nn[nH]n2)cc1. The number of rotatable bonds is 12. The summed E-state index contributed by atoms with van der Waals surface area (Å²) in [5, 5.41) is 16.6. The summed E-state index contributed by atoms with van der Waals surface area (Å²) in [7, 11) is 0. The molecule has 46 heavy (non-hydrogen) atoms. The molecule has 10 nitrogen and oxygen atoms in total. The van der Waals surface area contributed by atoms with Gasteiger partial charge in [-0.3, -0.25) is 14.6 Å². The minimum atomic E-state index is -0.627. The first-order valence-corrected chi connectivity index (χ1v) is 16.8. The maximum Gasteiger partial charge on any atom is 0.275 e. The fourth-order valence-corrected chi connectivity index (χ4v) is 7.14. The fraction of sp³-hybridized carbons (Fsp3) is 0.556. The number of H-pyrrole nitrogens is 1. The molecule has 3 aliphatic rings. The third kappa shape index (κ3) is 7.00. The second-order valence-electron chi connectivity index (χ2n) is 14.8. The van der Waals surface area contributed by atoms with Crippen LogP contribution < -0.4 is 10.1 Å². The molecule has 0 saturated heterocycles. The largest absolute Gasteiger partial charge is 0.494 e. The Balaban J connectivity index is 1.30. The summed E-state index contributed by atoms with van der Waals surface area (Å²) in [5.41, 5.74) is 2.32. The van der Waals surface area contributed by atoms with Gasteiger partial charge < -0.3 is 15.0 Å². The summed E-state index contributed by atoms with van der Waals surface area (Å²) in [6.07, 6.45) is 7.22. The average molecular weight is 626 g/mol. The molecule has 2 saturated carbocycles. The quantitative estimate of drug-likeness (QED) is 0.244. The van der Waals surface area contributed by atoms with Gasteiger partial charge in [-0.1, -0.05) is 76.9 Å².